The Hall–Kier alpha value is -3.02. The molecular weight excluding hydrogens is 273 g/mol. The quantitative estimate of drug-likeness (QED) is 0.772. The third-order valence-corrected chi connectivity index (χ3v) is 3.02. The van der Waals surface area contributed by atoms with Gasteiger partial charge in [-0.2, -0.15) is 0 Å². The van der Waals surface area contributed by atoms with Crippen molar-refractivity contribution in [2.24, 2.45) is 0 Å². The predicted octanol–water partition coefficient (Wildman–Crippen LogP) is 3.21. The smallest absolute Gasteiger partial charge is 0.339 e. The highest BCUT2D eigenvalue weighted by atomic mass is 19.1. The van der Waals surface area contributed by atoms with Crippen molar-refractivity contribution in [1.29, 1.82) is 0 Å². The van der Waals surface area contributed by atoms with Gasteiger partial charge in [0.25, 0.3) is 0 Å². The molecule has 0 bridgehead atoms. The minimum Gasteiger partial charge on any atom is -0.478 e. The molecule has 6 heteroatoms. The topological polar surface area (TPSA) is 75.1 Å². The van der Waals surface area contributed by atoms with Gasteiger partial charge in [-0.15, -0.1) is 0 Å². The maximum Gasteiger partial charge on any atom is 0.339 e. The van der Waals surface area contributed by atoms with Crippen LogP contribution in [-0.4, -0.2) is 21.0 Å². The minimum absolute atomic E-state index is 0.0909. The molecule has 0 unspecified atom stereocenters. The number of hydrogen-bond acceptors (Lipinski definition) is 4. The first kappa shape index (κ1) is 13.0. The van der Waals surface area contributed by atoms with Crippen LogP contribution in [0.2, 0.25) is 0 Å². The molecule has 3 rings (SSSR count). The fourth-order valence-electron chi connectivity index (χ4n) is 2.06. The summed E-state index contributed by atoms with van der Waals surface area (Å²) in [6.07, 6.45) is 4.32. The molecule has 2 N–H and O–H groups in total. The first-order valence-corrected chi connectivity index (χ1v) is 6.14. The highest BCUT2D eigenvalue weighted by Crippen LogP contribution is 2.26. The summed E-state index contributed by atoms with van der Waals surface area (Å²) in [5.41, 5.74) is 0.456. The number of halogens is 1. The number of carboxylic acid groups (broad SMARTS) is 1. The van der Waals surface area contributed by atoms with Crippen LogP contribution in [0.4, 0.5) is 15.9 Å². The fourth-order valence-corrected chi connectivity index (χ4v) is 2.06. The van der Waals surface area contributed by atoms with Crippen LogP contribution in [0.25, 0.3) is 10.8 Å². The molecule has 21 heavy (non-hydrogen) atoms. The van der Waals surface area contributed by atoms with Crippen LogP contribution in [-0.2, 0) is 0 Å². The first-order chi connectivity index (χ1) is 10.1. The van der Waals surface area contributed by atoms with Gasteiger partial charge in [0.1, 0.15) is 17.2 Å². The molecule has 2 aromatic heterocycles. The van der Waals surface area contributed by atoms with Crippen LogP contribution in [0.1, 0.15) is 10.4 Å². The van der Waals surface area contributed by atoms with E-state index in [1.165, 1.54) is 0 Å². The van der Waals surface area contributed by atoms with Gasteiger partial charge in [-0.25, -0.2) is 14.2 Å². The zero-order valence-electron chi connectivity index (χ0n) is 10.7. The summed E-state index contributed by atoms with van der Waals surface area (Å²) in [7, 11) is 0. The van der Waals surface area contributed by atoms with E-state index in [1.807, 2.05) is 18.2 Å². The van der Waals surface area contributed by atoms with Crippen LogP contribution in [0.3, 0.4) is 0 Å². The van der Waals surface area contributed by atoms with Gasteiger partial charge in [0, 0.05) is 28.9 Å². The second-order valence-corrected chi connectivity index (χ2v) is 4.38. The summed E-state index contributed by atoms with van der Waals surface area (Å²) in [6.45, 7) is 0. The SMILES string of the molecule is O=C(O)c1cc(F)cnc1Nc1cccc2cnccc12. The molecule has 1 aromatic carbocycles. The van der Waals surface area contributed by atoms with Crippen LogP contribution in [0, 0.1) is 5.82 Å². The number of benzene rings is 1. The average molecular weight is 283 g/mol. The van der Waals surface area contributed by atoms with Gasteiger partial charge >= 0.3 is 5.97 Å². The standard InChI is InChI=1S/C15H10FN3O2/c16-10-6-12(15(20)21)14(18-8-10)19-13-3-1-2-9-7-17-5-4-11(9)13/h1-8H,(H,18,19)(H,20,21). The Morgan fingerprint density at radius 3 is 2.90 bits per heavy atom. The summed E-state index contributed by atoms with van der Waals surface area (Å²) >= 11 is 0. The molecule has 0 saturated heterocycles. The number of carbonyl (C=O) groups is 1. The molecule has 104 valence electrons. The maximum absolute atomic E-state index is 13.1. The number of carboxylic acids is 1. The number of nitrogens with one attached hydrogen (secondary N) is 1. The van der Waals surface area contributed by atoms with Crippen LogP contribution in [0.15, 0.2) is 48.9 Å². The van der Waals surface area contributed by atoms with Gasteiger partial charge in [0.05, 0.1) is 6.20 Å². The molecule has 0 aliphatic heterocycles. The Bertz CT molecular complexity index is 831. The van der Waals surface area contributed by atoms with E-state index in [-0.39, 0.29) is 11.4 Å². The van der Waals surface area contributed by atoms with Gasteiger partial charge in [-0.3, -0.25) is 4.98 Å². The van der Waals surface area contributed by atoms with Crippen molar-refractivity contribution >= 4 is 28.2 Å². The second-order valence-electron chi connectivity index (χ2n) is 4.38. The number of pyridine rings is 2. The van der Waals surface area contributed by atoms with E-state index in [4.69, 9.17) is 5.11 Å². The summed E-state index contributed by atoms with van der Waals surface area (Å²) in [5, 5.41) is 13.8. The average Bonchev–Trinajstić information content (AvgIpc) is 2.49. The Balaban J connectivity index is 2.09. The van der Waals surface area contributed by atoms with E-state index < -0.39 is 11.8 Å². The van der Waals surface area contributed by atoms with Gasteiger partial charge in [-0.1, -0.05) is 12.1 Å². The summed E-state index contributed by atoms with van der Waals surface area (Å²) in [6, 6.07) is 8.24. The van der Waals surface area contributed by atoms with Crippen molar-refractivity contribution in [3.05, 3.63) is 60.3 Å². The Labute approximate surface area is 119 Å². The maximum atomic E-state index is 13.1. The van der Waals surface area contributed by atoms with E-state index in [1.54, 1.807) is 18.5 Å². The highest BCUT2D eigenvalue weighted by molar-refractivity contribution is 5.98. The second kappa shape index (κ2) is 5.16. The summed E-state index contributed by atoms with van der Waals surface area (Å²) in [4.78, 5) is 19.0. The Kier molecular flexibility index (Phi) is 3.19. The van der Waals surface area contributed by atoms with Crippen LogP contribution >= 0.6 is 0 Å². The monoisotopic (exact) mass is 283 g/mol. The first-order valence-electron chi connectivity index (χ1n) is 6.14. The van der Waals surface area contributed by atoms with E-state index in [0.717, 1.165) is 23.0 Å². The summed E-state index contributed by atoms with van der Waals surface area (Å²) < 4.78 is 13.1. The third-order valence-electron chi connectivity index (χ3n) is 3.02. The molecule has 0 aliphatic carbocycles. The molecule has 0 atom stereocenters. The van der Waals surface area contributed by atoms with Crippen molar-refractivity contribution in [3.8, 4) is 0 Å². The lowest BCUT2D eigenvalue weighted by Gasteiger charge is -2.11. The number of aromatic carboxylic acids is 1. The summed E-state index contributed by atoms with van der Waals surface area (Å²) in [5.74, 6) is -1.85. The van der Waals surface area contributed by atoms with Crippen molar-refractivity contribution < 1.29 is 14.3 Å². The Morgan fingerprint density at radius 2 is 2.10 bits per heavy atom. The van der Waals surface area contributed by atoms with E-state index >= 15 is 0 Å². The van der Waals surface area contributed by atoms with E-state index in [2.05, 4.69) is 15.3 Å². The number of rotatable bonds is 3. The normalized spacial score (nSPS) is 10.5. The largest absolute Gasteiger partial charge is 0.478 e. The van der Waals surface area contributed by atoms with Crippen LogP contribution < -0.4 is 5.32 Å². The molecule has 0 spiro atoms. The van der Waals surface area contributed by atoms with E-state index in [0.29, 0.717) is 5.69 Å². The van der Waals surface area contributed by atoms with Crippen molar-refractivity contribution in [1.82, 2.24) is 9.97 Å². The number of fused-ring (bicyclic) bond motifs is 1. The van der Waals surface area contributed by atoms with Gasteiger partial charge in [0.15, 0.2) is 0 Å². The molecule has 2 heterocycles. The number of aromatic nitrogens is 2. The predicted molar refractivity (Wildman–Crippen MR) is 76.2 cm³/mol. The zero-order chi connectivity index (χ0) is 14.8. The van der Waals surface area contributed by atoms with Crippen molar-refractivity contribution in [2.75, 3.05) is 5.32 Å². The van der Waals surface area contributed by atoms with Crippen molar-refractivity contribution in [2.45, 2.75) is 0 Å². The zero-order valence-corrected chi connectivity index (χ0v) is 10.7. The molecule has 5 nitrogen and oxygen atoms in total. The molecule has 0 aliphatic rings. The number of anilines is 2. The molecule has 0 amide bonds. The van der Waals surface area contributed by atoms with Crippen molar-refractivity contribution in [3.63, 3.8) is 0 Å². The number of hydrogen-bond donors (Lipinski definition) is 2. The highest BCUT2D eigenvalue weighted by Gasteiger charge is 2.14. The van der Waals surface area contributed by atoms with Gasteiger partial charge in [0.2, 0.25) is 0 Å². The van der Waals surface area contributed by atoms with Crippen LogP contribution in [0.5, 0.6) is 0 Å². The minimum atomic E-state index is -1.24. The lowest BCUT2D eigenvalue weighted by Crippen LogP contribution is -2.06. The molecule has 0 fully saturated rings. The molecule has 3 aromatic rings. The van der Waals surface area contributed by atoms with Gasteiger partial charge < -0.3 is 10.4 Å². The number of nitrogens with zero attached hydrogens (tertiary/aromatic N) is 2. The molecular formula is C15H10FN3O2. The fraction of sp³-hybridized carbons (Fsp3) is 0. The lowest BCUT2D eigenvalue weighted by atomic mass is 10.1. The lowest BCUT2D eigenvalue weighted by molar-refractivity contribution is 0.0697. The molecule has 0 radical (unpaired) electrons. The molecule has 0 saturated carbocycles. The van der Waals surface area contributed by atoms with E-state index in [9.17, 15) is 9.18 Å². The Morgan fingerprint density at radius 1 is 1.24 bits per heavy atom. The van der Waals surface area contributed by atoms with Gasteiger partial charge in [-0.05, 0) is 18.2 Å². The third kappa shape index (κ3) is 2.51.